The molecule has 3 aromatic rings. The highest BCUT2D eigenvalue weighted by Gasteiger charge is 2.19. The monoisotopic (exact) mass is 435 g/mol. The first-order valence-electron chi connectivity index (χ1n) is 10.8. The van der Waals surface area contributed by atoms with E-state index >= 15 is 0 Å². The van der Waals surface area contributed by atoms with Crippen LogP contribution < -0.4 is 5.32 Å². The van der Waals surface area contributed by atoms with Crippen LogP contribution in [-0.2, 0) is 13.0 Å². The lowest BCUT2D eigenvalue weighted by molar-refractivity contribution is 0.0730. The molecule has 166 valence electrons. The number of fused-ring (bicyclic) bond motifs is 1. The second-order valence-corrected chi connectivity index (χ2v) is 8.39. The van der Waals surface area contributed by atoms with Gasteiger partial charge in [0.15, 0.2) is 0 Å². The summed E-state index contributed by atoms with van der Waals surface area (Å²) in [6.07, 6.45) is 0.974. The molecule has 1 amide bonds. The summed E-state index contributed by atoms with van der Waals surface area (Å²) in [5.41, 5.74) is 5.18. The summed E-state index contributed by atoms with van der Waals surface area (Å²) in [4.78, 5) is 16.7. The lowest BCUT2D eigenvalue weighted by atomic mass is 9.99. The summed E-state index contributed by atoms with van der Waals surface area (Å²) >= 11 is 0. The van der Waals surface area contributed by atoms with Crippen LogP contribution in [0.1, 0.15) is 21.5 Å². The van der Waals surface area contributed by atoms with Crippen LogP contribution in [-0.4, -0.2) is 49.4 Å². The van der Waals surface area contributed by atoms with Crippen molar-refractivity contribution in [3.63, 3.8) is 0 Å². The number of hydrogen-bond donors (Lipinski definition) is 1. The maximum Gasteiger partial charge on any atom is 0.254 e. The highest BCUT2D eigenvalue weighted by molar-refractivity contribution is 5.94. The van der Waals surface area contributed by atoms with Gasteiger partial charge in [0, 0.05) is 43.0 Å². The van der Waals surface area contributed by atoms with Gasteiger partial charge in [-0.2, -0.15) is 0 Å². The number of likely N-dealkylation sites (N-methyl/N-ethyl adjacent to an activating group) is 1. The van der Waals surface area contributed by atoms with Crippen LogP contribution in [0.25, 0.3) is 11.1 Å². The largest absolute Gasteiger partial charge is 0.384 e. The molecule has 0 unspecified atom stereocenters. The van der Waals surface area contributed by atoms with Crippen molar-refractivity contribution in [2.24, 2.45) is 0 Å². The quantitative estimate of drug-likeness (QED) is 0.579. The van der Waals surface area contributed by atoms with E-state index < -0.39 is 5.82 Å². The summed E-state index contributed by atoms with van der Waals surface area (Å²) in [6, 6.07) is 16.7. The van der Waals surface area contributed by atoms with Crippen molar-refractivity contribution in [3.8, 4) is 11.1 Å². The average molecular weight is 436 g/mol. The van der Waals surface area contributed by atoms with E-state index in [4.69, 9.17) is 0 Å². The predicted octanol–water partition coefficient (Wildman–Crippen LogP) is 4.80. The molecule has 0 saturated heterocycles. The van der Waals surface area contributed by atoms with Crippen LogP contribution in [0.15, 0.2) is 60.7 Å². The molecule has 0 radical (unpaired) electrons. The van der Waals surface area contributed by atoms with E-state index in [1.54, 1.807) is 11.0 Å². The number of carbonyl (C=O) groups excluding carboxylic acids is 1. The van der Waals surface area contributed by atoms with Gasteiger partial charge in [-0.15, -0.1) is 0 Å². The van der Waals surface area contributed by atoms with Crippen LogP contribution in [0.4, 0.5) is 14.5 Å². The first kappa shape index (κ1) is 22.0. The molecule has 4 rings (SSSR count). The minimum Gasteiger partial charge on any atom is -0.384 e. The van der Waals surface area contributed by atoms with Crippen molar-refractivity contribution in [1.29, 1.82) is 0 Å². The third-order valence-electron chi connectivity index (χ3n) is 5.75. The number of hydrogen-bond acceptors (Lipinski definition) is 3. The Morgan fingerprint density at radius 3 is 2.41 bits per heavy atom. The molecule has 3 aromatic carbocycles. The van der Waals surface area contributed by atoms with Gasteiger partial charge in [-0.3, -0.25) is 4.79 Å². The highest BCUT2D eigenvalue weighted by Crippen LogP contribution is 2.30. The lowest BCUT2D eigenvalue weighted by Crippen LogP contribution is -2.36. The number of rotatable bonds is 7. The molecule has 1 heterocycles. The van der Waals surface area contributed by atoms with Crippen LogP contribution >= 0.6 is 0 Å². The van der Waals surface area contributed by atoms with Gasteiger partial charge < -0.3 is 15.1 Å². The Balaban J connectivity index is 1.61. The summed E-state index contributed by atoms with van der Waals surface area (Å²) < 4.78 is 28.1. The zero-order valence-electron chi connectivity index (χ0n) is 18.4. The Kier molecular flexibility index (Phi) is 6.51. The summed E-state index contributed by atoms with van der Waals surface area (Å²) in [6.45, 7) is 2.12. The van der Waals surface area contributed by atoms with Gasteiger partial charge in [0.2, 0.25) is 0 Å². The maximum atomic E-state index is 14.8. The molecule has 1 aliphatic rings. The SMILES string of the molecule is CN(C)CCN(Cc1cc(-c2ccc3c(c2)CCN3)ccc1F)C(=O)c1ccc(F)cc1. The zero-order chi connectivity index (χ0) is 22.7. The molecular weight excluding hydrogens is 408 g/mol. The third kappa shape index (κ3) is 4.97. The van der Waals surface area contributed by atoms with Crippen LogP contribution in [0.2, 0.25) is 0 Å². The first-order chi connectivity index (χ1) is 15.4. The molecule has 1 aliphatic heterocycles. The van der Waals surface area contributed by atoms with Gasteiger partial charge >= 0.3 is 0 Å². The van der Waals surface area contributed by atoms with E-state index in [1.807, 2.05) is 31.1 Å². The molecule has 32 heavy (non-hydrogen) atoms. The van der Waals surface area contributed by atoms with Crippen molar-refractivity contribution in [2.75, 3.05) is 39.0 Å². The van der Waals surface area contributed by atoms with Gasteiger partial charge in [-0.1, -0.05) is 12.1 Å². The Morgan fingerprint density at radius 2 is 1.66 bits per heavy atom. The Bertz CT molecular complexity index is 1110. The van der Waals surface area contributed by atoms with Crippen molar-refractivity contribution >= 4 is 11.6 Å². The summed E-state index contributed by atoms with van der Waals surface area (Å²) in [7, 11) is 3.84. The van der Waals surface area contributed by atoms with Crippen LogP contribution in [0.5, 0.6) is 0 Å². The molecule has 6 heteroatoms. The molecule has 1 N–H and O–H groups in total. The van der Waals surface area contributed by atoms with Gasteiger partial charge in [-0.25, -0.2) is 8.78 Å². The Labute approximate surface area is 187 Å². The van der Waals surface area contributed by atoms with Crippen molar-refractivity contribution in [2.45, 2.75) is 13.0 Å². The number of nitrogens with one attached hydrogen (secondary N) is 1. The van der Waals surface area contributed by atoms with Gasteiger partial charge in [-0.05, 0) is 85.7 Å². The fraction of sp³-hybridized carbons (Fsp3) is 0.269. The molecule has 4 nitrogen and oxygen atoms in total. The second-order valence-electron chi connectivity index (χ2n) is 8.39. The molecule has 0 aliphatic carbocycles. The topological polar surface area (TPSA) is 35.6 Å². The minimum atomic E-state index is -0.398. The zero-order valence-corrected chi connectivity index (χ0v) is 18.4. The minimum absolute atomic E-state index is 0.135. The number of amides is 1. The van der Waals surface area contributed by atoms with E-state index in [9.17, 15) is 13.6 Å². The predicted molar refractivity (Wildman–Crippen MR) is 124 cm³/mol. The normalized spacial score (nSPS) is 12.5. The highest BCUT2D eigenvalue weighted by atomic mass is 19.1. The first-order valence-corrected chi connectivity index (χ1v) is 10.8. The fourth-order valence-electron chi connectivity index (χ4n) is 3.91. The molecule has 0 fully saturated rings. The number of anilines is 1. The molecule has 0 bridgehead atoms. The number of nitrogens with zero attached hydrogens (tertiary/aromatic N) is 2. The second kappa shape index (κ2) is 9.49. The fourth-order valence-corrected chi connectivity index (χ4v) is 3.91. The van der Waals surface area contributed by atoms with Gasteiger partial charge in [0.25, 0.3) is 5.91 Å². The molecular formula is C26H27F2N3O. The van der Waals surface area contributed by atoms with E-state index in [0.29, 0.717) is 24.2 Å². The van der Waals surface area contributed by atoms with Gasteiger partial charge in [0.1, 0.15) is 11.6 Å². The number of benzene rings is 3. The standard InChI is InChI=1S/C26H27F2N3O/c1-30(2)13-14-31(26(32)18-3-7-23(27)8-4-18)17-22-16-19(5-9-24(22)28)20-6-10-25-21(15-20)11-12-29-25/h3-10,15-16,29H,11-14,17H2,1-2H3. The Morgan fingerprint density at radius 1 is 0.938 bits per heavy atom. The van der Waals surface area contributed by atoms with Crippen molar-refractivity contribution < 1.29 is 13.6 Å². The van der Waals surface area contributed by atoms with E-state index in [2.05, 4.69) is 17.4 Å². The smallest absolute Gasteiger partial charge is 0.254 e. The molecule has 0 atom stereocenters. The lowest BCUT2D eigenvalue weighted by Gasteiger charge is -2.25. The average Bonchev–Trinajstić information content (AvgIpc) is 3.25. The van der Waals surface area contributed by atoms with Gasteiger partial charge in [0.05, 0.1) is 0 Å². The number of carbonyl (C=O) groups is 1. The molecule has 0 saturated carbocycles. The van der Waals surface area contributed by atoms with Crippen LogP contribution in [0, 0.1) is 11.6 Å². The van der Waals surface area contributed by atoms with Crippen molar-refractivity contribution in [3.05, 3.63) is 89.0 Å². The number of halogens is 2. The van der Waals surface area contributed by atoms with E-state index in [1.165, 1.54) is 35.9 Å². The van der Waals surface area contributed by atoms with Crippen molar-refractivity contribution in [1.82, 2.24) is 9.80 Å². The summed E-state index contributed by atoms with van der Waals surface area (Å²) in [5.74, 6) is -0.997. The maximum absolute atomic E-state index is 14.8. The van der Waals surface area contributed by atoms with Crippen LogP contribution in [0.3, 0.4) is 0 Å². The summed E-state index contributed by atoms with van der Waals surface area (Å²) in [5, 5.41) is 3.35. The van der Waals surface area contributed by atoms with E-state index in [0.717, 1.165) is 29.8 Å². The van der Waals surface area contributed by atoms with E-state index in [-0.39, 0.29) is 18.3 Å². The molecule has 0 aromatic heterocycles. The molecule has 0 spiro atoms. The third-order valence-corrected chi connectivity index (χ3v) is 5.75. The Hall–Kier alpha value is -3.25.